The minimum absolute atomic E-state index is 0.0484. The Morgan fingerprint density at radius 1 is 1.09 bits per heavy atom. The van der Waals surface area contributed by atoms with Crippen LogP contribution in [0.2, 0.25) is 0 Å². The Morgan fingerprint density at radius 3 is 2.73 bits per heavy atom. The number of hydrogen-bond acceptors (Lipinski definition) is 3. The molecule has 3 aromatic rings. The lowest BCUT2D eigenvalue weighted by atomic mass is 9.91. The van der Waals surface area contributed by atoms with E-state index < -0.39 is 0 Å². The van der Waals surface area contributed by atoms with E-state index >= 15 is 0 Å². The zero-order chi connectivity index (χ0) is 14.9. The van der Waals surface area contributed by atoms with E-state index in [4.69, 9.17) is 0 Å². The van der Waals surface area contributed by atoms with E-state index in [2.05, 4.69) is 34.5 Å². The predicted molar refractivity (Wildman–Crippen MR) is 82.5 cm³/mol. The quantitative estimate of drug-likeness (QED) is 0.742. The summed E-state index contributed by atoms with van der Waals surface area (Å²) in [5, 5.41) is 8.22. The molecule has 5 heteroatoms. The summed E-state index contributed by atoms with van der Waals surface area (Å²) in [6.45, 7) is 1.62. The molecule has 5 nitrogen and oxygen atoms in total. The molecule has 0 N–H and O–H groups in total. The lowest BCUT2D eigenvalue weighted by Crippen LogP contribution is -2.50. The third kappa shape index (κ3) is 2.24. The molecule has 0 atom stereocenters. The summed E-state index contributed by atoms with van der Waals surface area (Å²) in [5.74, 6) is 0.596. The molecule has 0 bridgehead atoms. The number of fused-ring (bicyclic) bond motifs is 1. The van der Waals surface area contributed by atoms with E-state index in [0.717, 1.165) is 25.0 Å². The topological polar surface area (TPSA) is 50.5 Å². The second-order valence-corrected chi connectivity index (χ2v) is 5.72. The molecule has 0 unspecified atom stereocenters. The fraction of sp³-hybridized carbons (Fsp3) is 0.235. The van der Waals surface area contributed by atoms with Gasteiger partial charge in [-0.25, -0.2) is 0 Å². The van der Waals surface area contributed by atoms with Gasteiger partial charge < -0.3 is 4.90 Å². The van der Waals surface area contributed by atoms with Gasteiger partial charge in [0.15, 0.2) is 0 Å². The first kappa shape index (κ1) is 13.0. The molecule has 0 spiro atoms. The maximum Gasteiger partial charge on any atom is 0.257 e. The molecule has 110 valence electrons. The highest BCUT2D eigenvalue weighted by molar-refractivity contribution is 6.00. The van der Waals surface area contributed by atoms with E-state index in [1.54, 1.807) is 12.4 Å². The van der Waals surface area contributed by atoms with Crippen LogP contribution in [0.15, 0.2) is 54.9 Å². The van der Waals surface area contributed by atoms with Crippen LogP contribution in [-0.2, 0) is 6.42 Å². The molecular formula is C17H16N4O. The Balaban J connectivity index is 1.43. The highest BCUT2D eigenvalue weighted by Crippen LogP contribution is 2.23. The molecule has 1 aliphatic rings. The second-order valence-electron chi connectivity index (χ2n) is 5.72. The van der Waals surface area contributed by atoms with E-state index in [-0.39, 0.29) is 5.91 Å². The van der Waals surface area contributed by atoms with Crippen LogP contribution in [0.5, 0.6) is 0 Å². The Labute approximate surface area is 128 Å². The first-order valence-electron chi connectivity index (χ1n) is 7.43. The van der Waals surface area contributed by atoms with E-state index in [1.165, 1.54) is 10.2 Å². The van der Waals surface area contributed by atoms with Gasteiger partial charge >= 0.3 is 0 Å². The first-order chi connectivity index (χ1) is 10.8. The van der Waals surface area contributed by atoms with E-state index in [1.807, 2.05) is 23.1 Å². The lowest BCUT2D eigenvalue weighted by Gasteiger charge is -2.39. The average molecular weight is 292 g/mol. The number of carbonyl (C=O) groups is 1. The Morgan fingerprint density at radius 2 is 1.91 bits per heavy atom. The Hall–Kier alpha value is -2.69. The molecule has 22 heavy (non-hydrogen) atoms. The fourth-order valence-electron chi connectivity index (χ4n) is 2.98. The molecule has 1 fully saturated rings. The van der Waals surface area contributed by atoms with Crippen LogP contribution in [0.1, 0.15) is 15.9 Å². The summed E-state index contributed by atoms with van der Waals surface area (Å²) >= 11 is 0. The van der Waals surface area contributed by atoms with Crippen molar-refractivity contribution in [3.8, 4) is 0 Å². The number of rotatable bonds is 3. The number of aromatic nitrogens is 3. The molecule has 1 amide bonds. The third-order valence-corrected chi connectivity index (χ3v) is 4.15. The van der Waals surface area contributed by atoms with Crippen LogP contribution in [0.3, 0.4) is 0 Å². The van der Waals surface area contributed by atoms with Crippen molar-refractivity contribution in [2.24, 2.45) is 5.92 Å². The van der Waals surface area contributed by atoms with Gasteiger partial charge in [0, 0.05) is 19.3 Å². The zero-order valence-corrected chi connectivity index (χ0v) is 12.1. The minimum Gasteiger partial charge on any atom is -0.338 e. The number of carbonyl (C=O) groups excluding carboxylic acids is 1. The van der Waals surface area contributed by atoms with Gasteiger partial charge in [0.05, 0.1) is 11.8 Å². The SMILES string of the molecule is O=C(c1cnn2ncccc12)N1CC(Cc2ccccc2)C1. The van der Waals surface area contributed by atoms with Crippen molar-refractivity contribution in [1.29, 1.82) is 0 Å². The fourth-order valence-corrected chi connectivity index (χ4v) is 2.98. The summed E-state index contributed by atoms with van der Waals surface area (Å²) in [5.41, 5.74) is 2.73. The third-order valence-electron chi connectivity index (χ3n) is 4.15. The van der Waals surface area contributed by atoms with Crippen molar-refractivity contribution in [3.05, 3.63) is 66.0 Å². The van der Waals surface area contributed by atoms with Crippen molar-refractivity contribution in [2.75, 3.05) is 13.1 Å². The van der Waals surface area contributed by atoms with Crippen molar-refractivity contribution < 1.29 is 4.79 Å². The number of benzene rings is 1. The smallest absolute Gasteiger partial charge is 0.257 e. The normalized spacial score (nSPS) is 15.0. The predicted octanol–water partition coefficient (Wildman–Crippen LogP) is 2.04. The van der Waals surface area contributed by atoms with Crippen LogP contribution in [-0.4, -0.2) is 38.7 Å². The molecule has 2 aromatic heterocycles. The number of hydrogen-bond donors (Lipinski definition) is 0. The maximum absolute atomic E-state index is 12.5. The lowest BCUT2D eigenvalue weighted by molar-refractivity contribution is 0.0503. The summed E-state index contributed by atoms with van der Waals surface area (Å²) < 4.78 is 1.49. The van der Waals surface area contributed by atoms with Crippen LogP contribution in [0.4, 0.5) is 0 Å². The van der Waals surface area contributed by atoms with Gasteiger partial charge in [0.1, 0.15) is 5.52 Å². The van der Waals surface area contributed by atoms with Crippen molar-refractivity contribution in [2.45, 2.75) is 6.42 Å². The summed E-state index contributed by atoms with van der Waals surface area (Å²) in [6.07, 6.45) is 4.30. The Bertz CT molecular complexity index is 806. The molecule has 0 aliphatic carbocycles. The van der Waals surface area contributed by atoms with Crippen LogP contribution in [0, 0.1) is 5.92 Å². The standard InChI is InChI=1S/C17H16N4O/c22-17(15-10-19-21-16(15)7-4-8-18-21)20-11-14(12-20)9-13-5-2-1-3-6-13/h1-8,10,14H,9,11-12H2. The van der Waals surface area contributed by atoms with Gasteiger partial charge in [-0.3, -0.25) is 4.79 Å². The number of nitrogens with zero attached hydrogens (tertiary/aromatic N) is 4. The van der Waals surface area contributed by atoms with Gasteiger partial charge in [0.2, 0.25) is 0 Å². The summed E-state index contributed by atoms with van der Waals surface area (Å²) in [4.78, 5) is 14.4. The molecule has 0 saturated carbocycles. The monoisotopic (exact) mass is 292 g/mol. The molecule has 1 aromatic carbocycles. The van der Waals surface area contributed by atoms with E-state index in [0.29, 0.717) is 11.5 Å². The molecule has 3 heterocycles. The van der Waals surface area contributed by atoms with Gasteiger partial charge in [-0.15, -0.1) is 0 Å². The van der Waals surface area contributed by atoms with Crippen molar-refractivity contribution >= 4 is 11.4 Å². The maximum atomic E-state index is 12.5. The molecule has 1 aliphatic heterocycles. The van der Waals surface area contributed by atoms with Gasteiger partial charge in [0.25, 0.3) is 5.91 Å². The minimum atomic E-state index is 0.0484. The Kier molecular flexibility index (Phi) is 3.11. The zero-order valence-electron chi connectivity index (χ0n) is 12.1. The second kappa shape index (κ2) is 5.26. The van der Waals surface area contributed by atoms with E-state index in [9.17, 15) is 4.79 Å². The number of likely N-dealkylation sites (tertiary alicyclic amines) is 1. The van der Waals surface area contributed by atoms with Crippen molar-refractivity contribution in [1.82, 2.24) is 19.7 Å². The molecule has 0 radical (unpaired) electrons. The van der Waals surface area contributed by atoms with Crippen LogP contribution >= 0.6 is 0 Å². The number of amides is 1. The van der Waals surface area contributed by atoms with Crippen LogP contribution in [0.25, 0.3) is 5.52 Å². The highest BCUT2D eigenvalue weighted by atomic mass is 16.2. The summed E-state index contributed by atoms with van der Waals surface area (Å²) in [6, 6.07) is 14.1. The molecule has 4 rings (SSSR count). The highest BCUT2D eigenvalue weighted by Gasteiger charge is 2.32. The molecule has 1 saturated heterocycles. The average Bonchev–Trinajstić information content (AvgIpc) is 2.95. The van der Waals surface area contributed by atoms with Crippen LogP contribution < -0.4 is 0 Å². The first-order valence-corrected chi connectivity index (χ1v) is 7.43. The molecular weight excluding hydrogens is 276 g/mol. The van der Waals surface area contributed by atoms with Gasteiger partial charge in [-0.05, 0) is 30.0 Å². The summed E-state index contributed by atoms with van der Waals surface area (Å²) in [7, 11) is 0. The largest absolute Gasteiger partial charge is 0.338 e. The van der Waals surface area contributed by atoms with Crippen molar-refractivity contribution in [3.63, 3.8) is 0 Å². The van der Waals surface area contributed by atoms with Gasteiger partial charge in [-0.1, -0.05) is 30.3 Å². The van der Waals surface area contributed by atoms with Gasteiger partial charge in [-0.2, -0.15) is 14.8 Å².